The number of halogens is 8. The van der Waals surface area contributed by atoms with Crippen LogP contribution in [-0.2, 0) is 16.9 Å². The van der Waals surface area contributed by atoms with Crippen molar-refractivity contribution in [1.29, 1.82) is 5.26 Å². The molecule has 2 aliphatic carbocycles. The van der Waals surface area contributed by atoms with Crippen LogP contribution in [0.15, 0.2) is 36.4 Å². The third-order valence-corrected chi connectivity index (χ3v) is 7.55. The summed E-state index contributed by atoms with van der Waals surface area (Å²) in [7, 11) is 0. The highest BCUT2D eigenvalue weighted by molar-refractivity contribution is 6.53. The van der Waals surface area contributed by atoms with E-state index in [0.717, 1.165) is 6.07 Å². The fourth-order valence-corrected chi connectivity index (χ4v) is 5.02. The Labute approximate surface area is 222 Å². The number of amides is 2. The van der Waals surface area contributed by atoms with E-state index in [1.807, 2.05) is 6.07 Å². The van der Waals surface area contributed by atoms with Gasteiger partial charge in [0.25, 0.3) is 11.8 Å². The quantitative estimate of drug-likeness (QED) is 0.292. The number of hydrogen-bond donors (Lipinski definition) is 2. The number of rotatable bonds is 6. The molecule has 2 saturated carbocycles. The molecule has 0 saturated heterocycles. The molecule has 4 rings (SSSR count). The third-order valence-electron chi connectivity index (χ3n) is 6.28. The van der Waals surface area contributed by atoms with E-state index < -0.39 is 56.7 Å². The fraction of sp³-hybridized carbons (Fsp3) is 0.375. The van der Waals surface area contributed by atoms with Crippen molar-refractivity contribution in [2.24, 2.45) is 5.92 Å². The molecule has 196 valence electrons. The van der Waals surface area contributed by atoms with Crippen LogP contribution < -0.4 is 10.6 Å². The number of carbonyl (C=O) groups is 2. The number of carbonyl (C=O) groups excluding carboxylic acids is 2. The largest absolute Gasteiger partial charge is 0.416 e. The highest BCUT2D eigenvalue weighted by Crippen LogP contribution is 2.65. The SMILES string of the molecule is CC(F)(F)c1cc(C2C(C(=O)Nc3ccc(Cl)c(C(=O)NC4(C#N)CC4)c3)C2(Cl)Cl)cc(C(F)(F)F)c1. The molecule has 2 unspecified atom stereocenters. The molecule has 2 atom stereocenters. The van der Waals surface area contributed by atoms with E-state index >= 15 is 0 Å². The minimum absolute atomic E-state index is 0.0240. The Balaban J connectivity index is 1.58. The number of nitriles is 1. The van der Waals surface area contributed by atoms with E-state index in [2.05, 4.69) is 10.6 Å². The second-order valence-corrected chi connectivity index (χ2v) is 11.0. The van der Waals surface area contributed by atoms with Crippen molar-refractivity contribution in [3.8, 4) is 6.07 Å². The van der Waals surface area contributed by atoms with Gasteiger partial charge in [-0.05, 0) is 54.8 Å². The van der Waals surface area contributed by atoms with E-state index in [1.54, 1.807) is 0 Å². The smallest absolute Gasteiger partial charge is 0.334 e. The Morgan fingerprint density at radius 1 is 1.05 bits per heavy atom. The average Bonchev–Trinajstić information content (AvgIpc) is 3.68. The van der Waals surface area contributed by atoms with Crippen LogP contribution in [0, 0.1) is 17.2 Å². The van der Waals surface area contributed by atoms with Gasteiger partial charge in [-0.3, -0.25) is 9.59 Å². The maximum atomic E-state index is 13.9. The standard InChI is InChI=1S/C24H17Cl3F5N3O2/c1-21(28,29)12-6-11(7-13(8-12)24(30,31)32)17-18(23(17,26)27)20(37)34-14-2-3-16(25)15(9-14)19(36)35-22(10-33)4-5-22/h2-3,6-9,17-18H,4-5H2,1H3,(H,34,37)(H,35,36). The lowest BCUT2D eigenvalue weighted by Crippen LogP contribution is -2.35. The Hall–Kier alpha value is -2.61. The molecular formula is C24H17Cl3F5N3O2. The van der Waals surface area contributed by atoms with Crippen molar-refractivity contribution in [3.05, 3.63) is 63.7 Å². The minimum Gasteiger partial charge on any atom is -0.334 e. The van der Waals surface area contributed by atoms with E-state index in [0.29, 0.717) is 31.9 Å². The Bertz CT molecular complexity index is 1300. The van der Waals surface area contributed by atoms with E-state index in [4.69, 9.17) is 34.8 Å². The number of nitrogens with one attached hydrogen (secondary N) is 2. The van der Waals surface area contributed by atoms with Crippen LogP contribution in [0.1, 0.15) is 52.7 Å². The molecule has 0 radical (unpaired) electrons. The Kier molecular flexibility index (Phi) is 6.67. The summed E-state index contributed by atoms with van der Waals surface area (Å²) in [4.78, 5) is 25.5. The van der Waals surface area contributed by atoms with Crippen LogP contribution in [0.3, 0.4) is 0 Å². The first-order chi connectivity index (χ1) is 17.0. The van der Waals surface area contributed by atoms with Gasteiger partial charge in [-0.1, -0.05) is 11.6 Å². The molecule has 0 heterocycles. The van der Waals surface area contributed by atoms with Crippen LogP contribution >= 0.6 is 34.8 Å². The molecule has 0 bridgehead atoms. The van der Waals surface area contributed by atoms with Gasteiger partial charge in [0.1, 0.15) is 9.87 Å². The molecule has 0 aliphatic heterocycles. The summed E-state index contributed by atoms with van der Waals surface area (Å²) in [5.41, 5.74) is -3.37. The molecule has 13 heteroatoms. The molecule has 2 aromatic rings. The van der Waals surface area contributed by atoms with Gasteiger partial charge in [0.05, 0.1) is 28.1 Å². The summed E-state index contributed by atoms with van der Waals surface area (Å²) in [6.07, 6.45) is -3.95. The third kappa shape index (κ3) is 5.49. The molecule has 0 aromatic heterocycles. The normalized spacial score (nSPS) is 21.5. The topological polar surface area (TPSA) is 82.0 Å². The minimum atomic E-state index is -4.92. The predicted molar refractivity (Wildman–Crippen MR) is 127 cm³/mol. The molecule has 2 aromatic carbocycles. The van der Waals surface area contributed by atoms with Crippen molar-refractivity contribution in [2.75, 3.05) is 5.32 Å². The number of alkyl halides is 7. The summed E-state index contributed by atoms with van der Waals surface area (Å²) in [5, 5.41) is 14.3. The van der Waals surface area contributed by atoms with Gasteiger partial charge in [-0.2, -0.15) is 18.4 Å². The van der Waals surface area contributed by atoms with Gasteiger partial charge >= 0.3 is 6.18 Å². The van der Waals surface area contributed by atoms with Crippen molar-refractivity contribution in [1.82, 2.24) is 5.32 Å². The molecule has 37 heavy (non-hydrogen) atoms. The highest BCUT2D eigenvalue weighted by atomic mass is 35.5. The van der Waals surface area contributed by atoms with Crippen LogP contribution in [0.25, 0.3) is 0 Å². The van der Waals surface area contributed by atoms with E-state index in [1.165, 1.54) is 18.2 Å². The van der Waals surface area contributed by atoms with Crippen molar-refractivity contribution >= 4 is 52.3 Å². The molecule has 2 fully saturated rings. The lowest BCUT2D eigenvalue weighted by Gasteiger charge is -2.16. The lowest BCUT2D eigenvalue weighted by molar-refractivity contribution is -0.137. The summed E-state index contributed by atoms with van der Waals surface area (Å²) in [5.74, 6) is -7.51. The molecule has 2 amide bonds. The number of anilines is 1. The average molecular weight is 581 g/mol. The molecule has 2 aliphatic rings. The summed E-state index contributed by atoms with van der Waals surface area (Å²) in [6, 6.07) is 7.79. The van der Waals surface area contributed by atoms with Crippen LogP contribution in [0.4, 0.5) is 27.6 Å². The molecular weight excluding hydrogens is 564 g/mol. The van der Waals surface area contributed by atoms with Crippen LogP contribution in [0.2, 0.25) is 5.02 Å². The molecule has 5 nitrogen and oxygen atoms in total. The maximum Gasteiger partial charge on any atom is 0.416 e. The number of benzene rings is 2. The van der Waals surface area contributed by atoms with Gasteiger partial charge in [-0.15, -0.1) is 23.2 Å². The first-order valence-corrected chi connectivity index (χ1v) is 11.9. The van der Waals surface area contributed by atoms with Gasteiger partial charge in [-0.25, -0.2) is 8.78 Å². The van der Waals surface area contributed by atoms with E-state index in [-0.39, 0.29) is 21.8 Å². The summed E-state index contributed by atoms with van der Waals surface area (Å²) < 4.78 is 66.1. The zero-order valence-corrected chi connectivity index (χ0v) is 21.1. The highest BCUT2D eigenvalue weighted by Gasteiger charge is 2.68. The summed E-state index contributed by atoms with van der Waals surface area (Å²) in [6.45, 7) is 0.452. The van der Waals surface area contributed by atoms with Crippen molar-refractivity contribution in [2.45, 2.75) is 47.7 Å². The van der Waals surface area contributed by atoms with E-state index in [9.17, 15) is 36.8 Å². The Morgan fingerprint density at radius 3 is 2.22 bits per heavy atom. The van der Waals surface area contributed by atoms with Crippen molar-refractivity contribution < 1.29 is 31.5 Å². The first kappa shape index (κ1) is 27.4. The van der Waals surface area contributed by atoms with Gasteiger partial charge in [0.2, 0.25) is 5.91 Å². The number of nitrogens with zero attached hydrogens (tertiary/aromatic N) is 1. The zero-order chi connectivity index (χ0) is 27.6. The van der Waals surface area contributed by atoms with Crippen LogP contribution in [-0.4, -0.2) is 21.7 Å². The van der Waals surface area contributed by atoms with Crippen LogP contribution in [0.5, 0.6) is 0 Å². The second kappa shape index (κ2) is 9.00. The first-order valence-electron chi connectivity index (χ1n) is 10.8. The Morgan fingerprint density at radius 2 is 1.68 bits per heavy atom. The molecule has 2 N–H and O–H groups in total. The predicted octanol–water partition coefficient (Wildman–Crippen LogP) is 6.78. The summed E-state index contributed by atoms with van der Waals surface area (Å²) >= 11 is 18.5. The monoisotopic (exact) mass is 579 g/mol. The number of hydrogen-bond acceptors (Lipinski definition) is 3. The molecule has 0 spiro atoms. The zero-order valence-electron chi connectivity index (χ0n) is 18.8. The maximum absolute atomic E-state index is 13.9. The van der Waals surface area contributed by atoms with Gasteiger partial charge < -0.3 is 10.6 Å². The van der Waals surface area contributed by atoms with Crippen molar-refractivity contribution in [3.63, 3.8) is 0 Å². The van der Waals surface area contributed by atoms with Gasteiger partial charge in [0.15, 0.2) is 0 Å². The van der Waals surface area contributed by atoms with Gasteiger partial charge in [0, 0.05) is 24.1 Å². The fourth-order valence-electron chi connectivity index (χ4n) is 3.99. The second-order valence-electron chi connectivity index (χ2n) is 9.19. The lowest BCUT2D eigenvalue weighted by atomic mass is 9.98.